The van der Waals surface area contributed by atoms with Crippen LogP contribution in [0.2, 0.25) is 5.02 Å². The first-order valence-corrected chi connectivity index (χ1v) is 8.46. The van der Waals surface area contributed by atoms with Crippen LogP contribution in [0, 0.1) is 6.92 Å². The first-order valence-electron chi connectivity index (χ1n) is 8.08. The lowest BCUT2D eigenvalue weighted by Gasteiger charge is -2.06. The number of amides is 1. The number of benzene rings is 2. The number of halogens is 1. The minimum absolute atomic E-state index is 0.144. The summed E-state index contributed by atoms with van der Waals surface area (Å²) in [5, 5.41) is 11.4. The van der Waals surface area contributed by atoms with Crippen molar-refractivity contribution in [2.45, 2.75) is 19.8 Å². The number of ether oxygens (including phenoxy) is 1. The molecule has 0 fully saturated rings. The van der Waals surface area contributed by atoms with Crippen molar-refractivity contribution in [1.82, 2.24) is 10.2 Å². The Morgan fingerprint density at radius 2 is 1.96 bits per heavy atom. The third-order valence-electron chi connectivity index (χ3n) is 3.83. The number of carbonyl (C=O) groups is 1. The molecule has 0 aliphatic rings. The van der Waals surface area contributed by atoms with Gasteiger partial charge >= 0.3 is 0 Å². The Bertz CT molecular complexity index is 907. The summed E-state index contributed by atoms with van der Waals surface area (Å²) in [5.74, 6) is 1.43. The van der Waals surface area contributed by atoms with Gasteiger partial charge in [0.15, 0.2) is 0 Å². The Labute approximate surface area is 156 Å². The second-order valence-electron chi connectivity index (χ2n) is 5.74. The number of methoxy groups -OCH3 is 1. The Morgan fingerprint density at radius 3 is 2.65 bits per heavy atom. The zero-order valence-electron chi connectivity index (χ0n) is 14.5. The Balaban J connectivity index is 1.56. The molecule has 26 heavy (non-hydrogen) atoms. The third kappa shape index (κ3) is 4.40. The van der Waals surface area contributed by atoms with Crippen LogP contribution in [-0.4, -0.2) is 23.2 Å². The quantitative estimate of drug-likeness (QED) is 0.699. The predicted octanol–water partition coefficient (Wildman–Crippen LogP) is 4.28. The lowest BCUT2D eigenvalue weighted by atomic mass is 10.2. The van der Waals surface area contributed by atoms with Gasteiger partial charge in [0.05, 0.1) is 7.11 Å². The summed E-state index contributed by atoms with van der Waals surface area (Å²) in [7, 11) is 1.61. The van der Waals surface area contributed by atoms with Crippen molar-refractivity contribution in [3.05, 3.63) is 58.9 Å². The van der Waals surface area contributed by atoms with Crippen LogP contribution in [0.3, 0.4) is 0 Å². The van der Waals surface area contributed by atoms with Crippen molar-refractivity contribution in [3.8, 4) is 17.2 Å². The fraction of sp³-hybridized carbons (Fsp3) is 0.211. The van der Waals surface area contributed by atoms with Gasteiger partial charge in [-0.1, -0.05) is 17.7 Å². The van der Waals surface area contributed by atoms with Crippen LogP contribution >= 0.6 is 11.6 Å². The van der Waals surface area contributed by atoms with Crippen LogP contribution in [0.1, 0.15) is 17.9 Å². The smallest absolute Gasteiger partial charge is 0.247 e. The van der Waals surface area contributed by atoms with E-state index in [1.807, 2.05) is 43.3 Å². The molecule has 0 bridgehead atoms. The molecule has 1 N–H and O–H groups in total. The number of hydrogen-bond acceptors (Lipinski definition) is 5. The fourth-order valence-corrected chi connectivity index (χ4v) is 2.50. The molecule has 0 aliphatic heterocycles. The van der Waals surface area contributed by atoms with E-state index in [0.29, 0.717) is 28.9 Å². The summed E-state index contributed by atoms with van der Waals surface area (Å²) in [6, 6.07) is 12.7. The van der Waals surface area contributed by atoms with Crippen LogP contribution in [0.4, 0.5) is 5.69 Å². The minimum Gasteiger partial charge on any atom is -0.497 e. The van der Waals surface area contributed by atoms with Gasteiger partial charge < -0.3 is 14.5 Å². The standard InChI is InChI=1S/C19H18ClN3O3/c1-12-3-6-14(11-16(12)20)21-17(24)9-10-18-22-23-19(26-18)13-4-7-15(25-2)8-5-13/h3-8,11H,9-10H2,1-2H3,(H,21,24). The molecule has 2 aromatic carbocycles. The molecule has 1 aromatic heterocycles. The molecule has 0 unspecified atom stereocenters. The number of aryl methyl sites for hydroxylation is 2. The Kier molecular flexibility index (Phi) is 5.53. The van der Waals surface area contributed by atoms with Crippen molar-refractivity contribution in [1.29, 1.82) is 0 Å². The van der Waals surface area contributed by atoms with Gasteiger partial charge in [-0.15, -0.1) is 10.2 Å². The van der Waals surface area contributed by atoms with Gasteiger partial charge in [0.2, 0.25) is 17.7 Å². The summed E-state index contributed by atoms with van der Waals surface area (Å²) in [4.78, 5) is 12.1. The van der Waals surface area contributed by atoms with E-state index in [0.717, 1.165) is 16.9 Å². The Hall–Kier alpha value is -2.86. The molecule has 0 saturated carbocycles. The molecule has 0 spiro atoms. The van der Waals surface area contributed by atoms with Crippen LogP contribution in [-0.2, 0) is 11.2 Å². The lowest BCUT2D eigenvalue weighted by Crippen LogP contribution is -2.12. The number of rotatable bonds is 6. The van der Waals surface area contributed by atoms with Crippen LogP contribution < -0.4 is 10.1 Å². The molecule has 7 heteroatoms. The van der Waals surface area contributed by atoms with Gasteiger partial charge in [-0.3, -0.25) is 4.79 Å². The topological polar surface area (TPSA) is 77.2 Å². The van der Waals surface area contributed by atoms with Gasteiger partial charge in [0, 0.05) is 29.1 Å². The van der Waals surface area contributed by atoms with Crippen LogP contribution in [0.5, 0.6) is 5.75 Å². The normalized spacial score (nSPS) is 10.6. The van der Waals surface area contributed by atoms with Gasteiger partial charge in [-0.2, -0.15) is 0 Å². The lowest BCUT2D eigenvalue weighted by molar-refractivity contribution is -0.116. The van der Waals surface area contributed by atoms with E-state index in [4.69, 9.17) is 20.8 Å². The summed E-state index contributed by atoms with van der Waals surface area (Å²) < 4.78 is 10.7. The van der Waals surface area contributed by atoms with Gasteiger partial charge in [0.25, 0.3) is 0 Å². The van der Waals surface area contributed by atoms with Crippen molar-refractivity contribution < 1.29 is 13.9 Å². The zero-order chi connectivity index (χ0) is 18.5. The second-order valence-corrected chi connectivity index (χ2v) is 6.15. The number of anilines is 1. The number of nitrogens with one attached hydrogen (secondary N) is 1. The number of carbonyl (C=O) groups excluding carboxylic acids is 1. The van der Waals surface area contributed by atoms with E-state index in [1.165, 1.54) is 0 Å². The summed E-state index contributed by atoms with van der Waals surface area (Å²) in [6.07, 6.45) is 0.588. The number of nitrogens with zero attached hydrogens (tertiary/aromatic N) is 2. The molecule has 6 nitrogen and oxygen atoms in total. The molecule has 0 aliphatic carbocycles. The summed E-state index contributed by atoms with van der Waals surface area (Å²) in [6.45, 7) is 1.91. The maximum absolute atomic E-state index is 12.1. The Morgan fingerprint density at radius 1 is 1.19 bits per heavy atom. The second kappa shape index (κ2) is 8.01. The maximum Gasteiger partial charge on any atom is 0.247 e. The van der Waals surface area contributed by atoms with E-state index in [2.05, 4.69) is 15.5 Å². The minimum atomic E-state index is -0.144. The average Bonchev–Trinajstić information content (AvgIpc) is 3.12. The van der Waals surface area contributed by atoms with E-state index in [9.17, 15) is 4.79 Å². The van der Waals surface area contributed by atoms with Crippen molar-refractivity contribution in [3.63, 3.8) is 0 Å². The fourth-order valence-electron chi connectivity index (χ4n) is 2.32. The van der Waals surface area contributed by atoms with Gasteiger partial charge in [-0.25, -0.2) is 0 Å². The van der Waals surface area contributed by atoms with E-state index in [1.54, 1.807) is 13.2 Å². The highest BCUT2D eigenvalue weighted by Crippen LogP contribution is 2.22. The van der Waals surface area contributed by atoms with E-state index < -0.39 is 0 Å². The molecule has 0 saturated heterocycles. The molecule has 0 atom stereocenters. The summed E-state index contributed by atoms with van der Waals surface area (Å²) in [5.41, 5.74) is 2.42. The van der Waals surface area contributed by atoms with E-state index >= 15 is 0 Å². The molecule has 0 radical (unpaired) electrons. The molecule has 1 heterocycles. The monoisotopic (exact) mass is 371 g/mol. The molecular formula is C19H18ClN3O3. The first kappa shape index (κ1) is 17.9. The van der Waals surface area contributed by atoms with Crippen molar-refractivity contribution in [2.75, 3.05) is 12.4 Å². The zero-order valence-corrected chi connectivity index (χ0v) is 15.2. The highest BCUT2D eigenvalue weighted by Gasteiger charge is 2.11. The van der Waals surface area contributed by atoms with Gasteiger partial charge in [0.1, 0.15) is 5.75 Å². The highest BCUT2D eigenvalue weighted by molar-refractivity contribution is 6.31. The largest absolute Gasteiger partial charge is 0.497 e. The molecular weight excluding hydrogens is 354 g/mol. The van der Waals surface area contributed by atoms with Crippen LogP contribution in [0.15, 0.2) is 46.9 Å². The SMILES string of the molecule is COc1ccc(-c2nnc(CCC(=O)Nc3ccc(C)c(Cl)c3)o2)cc1. The number of hydrogen-bond donors (Lipinski definition) is 1. The van der Waals surface area contributed by atoms with Gasteiger partial charge in [-0.05, 0) is 48.9 Å². The molecule has 3 aromatic rings. The van der Waals surface area contributed by atoms with Crippen LogP contribution in [0.25, 0.3) is 11.5 Å². The predicted molar refractivity (Wildman–Crippen MR) is 99.4 cm³/mol. The molecule has 134 valence electrons. The van der Waals surface area contributed by atoms with Crippen molar-refractivity contribution >= 4 is 23.2 Å². The maximum atomic E-state index is 12.1. The van der Waals surface area contributed by atoms with E-state index in [-0.39, 0.29) is 12.3 Å². The van der Waals surface area contributed by atoms with Crippen molar-refractivity contribution in [2.24, 2.45) is 0 Å². The third-order valence-corrected chi connectivity index (χ3v) is 4.23. The number of aromatic nitrogens is 2. The molecule has 1 amide bonds. The summed E-state index contributed by atoms with van der Waals surface area (Å²) >= 11 is 6.06. The first-order chi connectivity index (χ1) is 12.5. The average molecular weight is 372 g/mol. The highest BCUT2D eigenvalue weighted by atomic mass is 35.5. The molecule has 3 rings (SSSR count).